The Hall–Kier alpha value is -1.85. The second-order valence-electron chi connectivity index (χ2n) is 4.10. The Morgan fingerprint density at radius 3 is 3.00 bits per heavy atom. The van der Waals surface area contributed by atoms with Crippen molar-refractivity contribution < 1.29 is 4.79 Å². The average Bonchev–Trinajstić information content (AvgIpc) is 3.10. The number of likely N-dealkylation sites (N-methyl/N-ethyl adjacent to an activating group) is 1. The van der Waals surface area contributed by atoms with Crippen LogP contribution in [0, 0.1) is 0 Å². The van der Waals surface area contributed by atoms with Gasteiger partial charge in [0.1, 0.15) is 11.6 Å². The molecule has 2 rings (SSSR count). The molecule has 3 N–H and O–H groups in total. The van der Waals surface area contributed by atoms with Crippen LogP contribution in [0.15, 0.2) is 10.9 Å². The number of anilines is 1. The topological polar surface area (TPSA) is 86.9 Å². The molecule has 1 heterocycles. The first-order valence-electron chi connectivity index (χ1n) is 5.81. The third-order valence-electron chi connectivity index (χ3n) is 2.53. The minimum atomic E-state index is -0.180. The summed E-state index contributed by atoms with van der Waals surface area (Å²) in [5.41, 5.74) is -0.180. The first-order chi connectivity index (χ1) is 8.19. The van der Waals surface area contributed by atoms with Crippen molar-refractivity contribution in [1.82, 2.24) is 15.3 Å². The molecule has 0 saturated heterocycles. The third-order valence-corrected chi connectivity index (χ3v) is 2.53. The van der Waals surface area contributed by atoms with Gasteiger partial charge in [0.25, 0.3) is 5.56 Å². The van der Waals surface area contributed by atoms with Gasteiger partial charge in [-0.2, -0.15) is 0 Å². The van der Waals surface area contributed by atoms with Crippen molar-refractivity contribution >= 4 is 11.7 Å². The summed E-state index contributed by atoms with van der Waals surface area (Å²) >= 11 is 0. The Morgan fingerprint density at radius 1 is 1.59 bits per heavy atom. The van der Waals surface area contributed by atoms with Gasteiger partial charge in [0.15, 0.2) is 0 Å². The van der Waals surface area contributed by atoms with E-state index in [1.165, 1.54) is 6.07 Å². The van der Waals surface area contributed by atoms with Crippen LogP contribution in [0.3, 0.4) is 0 Å². The van der Waals surface area contributed by atoms with E-state index in [0.717, 1.165) is 18.7 Å². The lowest BCUT2D eigenvalue weighted by molar-refractivity contribution is -0.119. The molecule has 0 spiro atoms. The number of nitrogens with one attached hydrogen (secondary N) is 3. The van der Waals surface area contributed by atoms with E-state index in [1.807, 2.05) is 6.92 Å². The lowest BCUT2D eigenvalue weighted by atomic mass is 10.4. The van der Waals surface area contributed by atoms with Gasteiger partial charge in [0.05, 0.1) is 6.54 Å². The zero-order chi connectivity index (χ0) is 12.3. The lowest BCUT2D eigenvalue weighted by Crippen LogP contribution is -2.30. The van der Waals surface area contributed by atoms with Crippen LogP contribution in [0.25, 0.3) is 0 Å². The summed E-state index contributed by atoms with van der Waals surface area (Å²) in [5, 5.41) is 5.51. The van der Waals surface area contributed by atoms with Gasteiger partial charge in [-0.25, -0.2) is 4.98 Å². The Morgan fingerprint density at radius 2 is 2.35 bits per heavy atom. The van der Waals surface area contributed by atoms with Crippen LogP contribution in [0.5, 0.6) is 0 Å². The SMILES string of the molecule is CCNC(=O)CNc1cc(=O)[nH]c(C2CC2)n1. The molecule has 1 aliphatic carbocycles. The number of H-pyrrole nitrogens is 1. The maximum atomic E-state index is 11.4. The highest BCUT2D eigenvalue weighted by Gasteiger charge is 2.26. The highest BCUT2D eigenvalue weighted by Crippen LogP contribution is 2.37. The summed E-state index contributed by atoms with van der Waals surface area (Å²) in [6, 6.07) is 1.37. The van der Waals surface area contributed by atoms with Gasteiger partial charge in [-0.1, -0.05) is 0 Å². The molecule has 1 amide bonds. The van der Waals surface area contributed by atoms with Crippen LogP contribution >= 0.6 is 0 Å². The van der Waals surface area contributed by atoms with E-state index >= 15 is 0 Å². The molecule has 1 aromatic rings. The zero-order valence-electron chi connectivity index (χ0n) is 9.75. The molecule has 0 atom stereocenters. The number of hydrogen-bond donors (Lipinski definition) is 3. The monoisotopic (exact) mass is 236 g/mol. The standard InChI is InChI=1S/C11H16N4O2/c1-2-12-10(17)6-13-8-5-9(16)15-11(14-8)7-3-4-7/h5,7H,2-4,6H2,1H3,(H,12,17)(H2,13,14,15,16). The molecule has 0 bridgehead atoms. The molecule has 0 aliphatic heterocycles. The number of aromatic amines is 1. The molecule has 6 nitrogen and oxygen atoms in total. The Labute approximate surface area is 98.8 Å². The van der Waals surface area contributed by atoms with Gasteiger partial charge in [-0.15, -0.1) is 0 Å². The van der Waals surface area contributed by atoms with Crippen LogP contribution in [0.2, 0.25) is 0 Å². The Kier molecular flexibility index (Phi) is 3.41. The van der Waals surface area contributed by atoms with Crippen molar-refractivity contribution in [3.63, 3.8) is 0 Å². The maximum Gasteiger partial charge on any atom is 0.252 e. The number of amides is 1. The van der Waals surface area contributed by atoms with E-state index < -0.39 is 0 Å². The zero-order valence-corrected chi connectivity index (χ0v) is 9.75. The molecule has 17 heavy (non-hydrogen) atoms. The van der Waals surface area contributed by atoms with Crippen molar-refractivity contribution in [2.75, 3.05) is 18.4 Å². The molecule has 0 unspecified atom stereocenters. The van der Waals surface area contributed by atoms with E-state index in [-0.39, 0.29) is 18.0 Å². The smallest absolute Gasteiger partial charge is 0.252 e. The minimum absolute atomic E-state index is 0.109. The Bertz CT molecular complexity index is 465. The van der Waals surface area contributed by atoms with Crippen LogP contribution in [0.1, 0.15) is 31.5 Å². The average molecular weight is 236 g/mol. The van der Waals surface area contributed by atoms with Gasteiger partial charge < -0.3 is 15.6 Å². The summed E-state index contributed by atoms with van der Waals surface area (Å²) in [6.07, 6.45) is 2.14. The number of carbonyl (C=O) groups excluding carboxylic acids is 1. The van der Waals surface area contributed by atoms with Crippen molar-refractivity contribution in [3.05, 3.63) is 22.2 Å². The third kappa shape index (κ3) is 3.30. The summed E-state index contributed by atoms with van der Waals surface area (Å²) in [4.78, 5) is 29.6. The van der Waals surface area contributed by atoms with Gasteiger partial charge in [-0.3, -0.25) is 9.59 Å². The van der Waals surface area contributed by atoms with E-state index in [0.29, 0.717) is 18.3 Å². The van der Waals surface area contributed by atoms with Crippen LogP contribution in [0.4, 0.5) is 5.82 Å². The van der Waals surface area contributed by atoms with E-state index in [9.17, 15) is 9.59 Å². The fourth-order valence-corrected chi connectivity index (χ4v) is 1.55. The van der Waals surface area contributed by atoms with Crippen LogP contribution in [-0.4, -0.2) is 29.0 Å². The van der Waals surface area contributed by atoms with E-state index in [4.69, 9.17) is 0 Å². The molecule has 1 fully saturated rings. The number of carbonyl (C=O) groups is 1. The lowest BCUT2D eigenvalue weighted by Gasteiger charge is -2.06. The summed E-state index contributed by atoms with van der Waals surface area (Å²) in [5.74, 6) is 1.45. The molecule has 1 aliphatic rings. The first kappa shape index (κ1) is 11.6. The fourth-order valence-electron chi connectivity index (χ4n) is 1.55. The quantitative estimate of drug-likeness (QED) is 0.681. The fraction of sp³-hybridized carbons (Fsp3) is 0.545. The van der Waals surface area contributed by atoms with Gasteiger partial charge in [0.2, 0.25) is 5.91 Å². The molecule has 92 valence electrons. The van der Waals surface area contributed by atoms with E-state index in [1.54, 1.807) is 0 Å². The molecule has 1 saturated carbocycles. The largest absolute Gasteiger partial charge is 0.361 e. The van der Waals surface area contributed by atoms with Crippen molar-refractivity contribution in [3.8, 4) is 0 Å². The molecule has 6 heteroatoms. The molecule has 0 aromatic carbocycles. The van der Waals surface area contributed by atoms with Crippen LogP contribution < -0.4 is 16.2 Å². The van der Waals surface area contributed by atoms with Gasteiger partial charge in [0, 0.05) is 18.5 Å². The predicted octanol–water partition coefficient (Wildman–Crippen LogP) is 0.195. The summed E-state index contributed by atoms with van der Waals surface area (Å²) in [6.45, 7) is 2.58. The second-order valence-corrected chi connectivity index (χ2v) is 4.10. The van der Waals surface area contributed by atoms with Gasteiger partial charge >= 0.3 is 0 Å². The normalized spacial score (nSPS) is 14.4. The molecule has 1 aromatic heterocycles. The number of aromatic nitrogens is 2. The number of hydrogen-bond acceptors (Lipinski definition) is 4. The summed E-state index contributed by atoms with van der Waals surface area (Å²) < 4.78 is 0. The predicted molar refractivity (Wildman–Crippen MR) is 64.0 cm³/mol. The van der Waals surface area contributed by atoms with E-state index in [2.05, 4.69) is 20.6 Å². The number of nitrogens with zero attached hydrogens (tertiary/aromatic N) is 1. The molecular weight excluding hydrogens is 220 g/mol. The molecule has 0 radical (unpaired) electrons. The van der Waals surface area contributed by atoms with Crippen molar-refractivity contribution in [2.45, 2.75) is 25.7 Å². The first-order valence-corrected chi connectivity index (χ1v) is 5.81. The van der Waals surface area contributed by atoms with Crippen LogP contribution in [-0.2, 0) is 4.79 Å². The maximum absolute atomic E-state index is 11.4. The Balaban J connectivity index is 2.00. The molecular formula is C11H16N4O2. The minimum Gasteiger partial charge on any atom is -0.361 e. The van der Waals surface area contributed by atoms with Gasteiger partial charge in [-0.05, 0) is 19.8 Å². The second kappa shape index (κ2) is 4.99. The number of rotatable bonds is 5. The summed E-state index contributed by atoms with van der Waals surface area (Å²) in [7, 11) is 0. The highest BCUT2D eigenvalue weighted by molar-refractivity contribution is 5.80. The van der Waals surface area contributed by atoms with Crippen molar-refractivity contribution in [1.29, 1.82) is 0 Å². The van der Waals surface area contributed by atoms with Crippen molar-refractivity contribution in [2.24, 2.45) is 0 Å². The highest BCUT2D eigenvalue weighted by atomic mass is 16.2.